The molecule has 2 rings (SSSR count). The SMILES string of the molecule is O=C(COC(=O)c1cc(Cl)ccc1Cl)NCc1ccccc1Cl. The van der Waals surface area contributed by atoms with Gasteiger partial charge in [-0.05, 0) is 29.8 Å². The molecule has 0 radical (unpaired) electrons. The van der Waals surface area contributed by atoms with Gasteiger partial charge in [0.1, 0.15) is 0 Å². The van der Waals surface area contributed by atoms with Crippen LogP contribution >= 0.6 is 34.8 Å². The summed E-state index contributed by atoms with van der Waals surface area (Å²) < 4.78 is 4.92. The number of carbonyl (C=O) groups excluding carboxylic acids is 2. The summed E-state index contributed by atoms with van der Waals surface area (Å²) in [7, 11) is 0. The number of hydrogen-bond donors (Lipinski definition) is 1. The average Bonchev–Trinajstić information content (AvgIpc) is 2.54. The topological polar surface area (TPSA) is 55.4 Å². The highest BCUT2D eigenvalue weighted by Gasteiger charge is 2.14. The smallest absolute Gasteiger partial charge is 0.340 e. The van der Waals surface area contributed by atoms with E-state index < -0.39 is 18.5 Å². The third-order valence-electron chi connectivity index (χ3n) is 2.92. The van der Waals surface area contributed by atoms with Gasteiger partial charge in [-0.1, -0.05) is 53.0 Å². The van der Waals surface area contributed by atoms with Crippen molar-refractivity contribution in [1.82, 2.24) is 5.32 Å². The van der Waals surface area contributed by atoms with Crippen molar-refractivity contribution in [1.29, 1.82) is 0 Å². The number of benzene rings is 2. The Hall–Kier alpha value is -1.75. The molecule has 1 amide bonds. The summed E-state index contributed by atoms with van der Waals surface area (Å²) in [4.78, 5) is 23.6. The largest absolute Gasteiger partial charge is 0.452 e. The summed E-state index contributed by atoms with van der Waals surface area (Å²) in [5.41, 5.74) is 0.879. The predicted molar refractivity (Wildman–Crippen MR) is 90.0 cm³/mol. The van der Waals surface area contributed by atoms with Crippen LogP contribution in [0.15, 0.2) is 42.5 Å². The number of rotatable bonds is 5. The van der Waals surface area contributed by atoms with E-state index in [0.29, 0.717) is 10.0 Å². The molecular weight excluding hydrogens is 361 g/mol. The molecule has 7 heteroatoms. The van der Waals surface area contributed by atoms with Crippen LogP contribution in [0.4, 0.5) is 0 Å². The van der Waals surface area contributed by atoms with Crippen LogP contribution in [0.1, 0.15) is 15.9 Å². The van der Waals surface area contributed by atoms with E-state index in [1.165, 1.54) is 12.1 Å². The van der Waals surface area contributed by atoms with Gasteiger partial charge in [0.05, 0.1) is 10.6 Å². The molecule has 23 heavy (non-hydrogen) atoms. The third-order valence-corrected chi connectivity index (χ3v) is 3.85. The quantitative estimate of drug-likeness (QED) is 0.803. The minimum atomic E-state index is -0.717. The Morgan fingerprint density at radius 1 is 1.00 bits per heavy atom. The molecule has 4 nitrogen and oxygen atoms in total. The van der Waals surface area contributed by atoms with Crippen LogP contribution in [-0.4, -0.2) is 18.5 Å². The monoisotopic (exact) mass is 371 g/mol. The van der Waals surface area contributed by atoms with Gasteiger partial charge < -0.3 is 10.1 Å². The Labute approximate surface area is 148 Å². The number of nitrogens with one attached hydrogen (secondary N) is 1. The van der Waals surface area contributed by atoms with Crippen LogP contribution in [0.3, 0.4) is 0 Å². The lowest BCUT2D eigenvalue weighted by Gasteiger charge is -2.08. The first-order valence-electron chi connectivity index (χ1n) is 6.59. The number of hydrogen-bond acceptors (Lipinski definition) is 3. The zero-order valence-electron chi connectivity index (χ0n) is 11.8. The highest BCUT2D eigenvalue weighted by atomic mass is 35.5. The van der Waals surface area contributed by atoms with Crippen LogP contribution in [0.25, 0.3) is 0 Å². The van der Waals surface area contributed by atoms with E-state index in [4.69, 9.17) is 39.5 Å². The van der Waals surface area contributed by atoms with Crippen molar-refractivity contribution in [2.75, 3.05) is 6.61 Å². The molecule has 120 valence electrons. The molecule has 0 spiro atoms. The Kier molecular flexibility index (Phi) is 6.28. The van der Waals surface area contributed by atoms with Gasteiger partial charge in [-0.3, -0.25) is 4.79 Å². The molecule has 0 fully saturated rings. The van der Waals surface area contributed by atoms with Crippen molar-refractivity contribution < 1.29 is 14.3 Å². The molecule has 2 aromatic carbocycles. The van der Waals surface area contributed by atoms with Crippen LogP contribution in [0.5, 0.6) is 0 Å². The van der Waals surface area contributed by atoms with Crippen molar-refractivity contribution in [3.8, 4) is 0 Å². The van der Waals surface area contributed by atoms with E-state index in [2.05, 4.69) is 5.32 Å². The van der Waals surface area contributed by atoms with Crippen LogP contribution in [0, 0.1) is 0 Å². The first-order valence-corrected chi connectivity index (χ1v) is 7.73. The summed E-state index contributed by atoms with van der Waals surface area (Å²) >= 11 is 17.7. The van der Waals surface area contributed by atoms with Gasteiger partial charge in [-0.25, -0.2) is 4.79 Å². The fraction of sp³-hybridized carbons (Fsp3) is 0.125. The minimum Gasteiger partial charge on any atom is -0.452 e. The van der Waals surface area contributed by atoms with E-state index in [-0.39, 0.29) is 17.1 Å². The van der Waals surface area contributed by atoms with Crippen molar-refractivity contribution >= 4 is 46.7 Å². The highest BCUT2D eigenvalue weighted by molar-refractivity contribution is 6.35. The van der Waals surface area contributed by atoms with Crippen LogP contribution in [-0.2, 0) is 16.1 Å². The van der Waals surface area contributed by atoms with Crippen molar-refractivity contribution in [3.63, 3.8) is 0 Å². The number of ether oxygens (including phenoxy) is 1. The van der Waals surface area contributed by atoms with Gasteiger partial charge >= 0.3 is 5.97 Å². The van der Waals surface area contributed by atoms with E-state index in [1.54, 1.807) is 24.3 Å². The number of halogens is 3. The fourth-order valence-corrected chi connectivity index (χ4v) is 2.32. The van der Waals surface area contributed by atoms with E-state index in [0.717, 1.165) is 5.56 Å². The molecule has 2 aromatic rings. The lowest BCUT2D eigenvalue weighted by atomic mass is 10.2. The maximum Gasteiger partial charge on any atom is 0.340 e. The van der Waals surface area contributed by atoms with E-state index in [1.807, 2.05) is 6.07 Å². The van der Waals surface area contributed by atoms with Gasteiger partial charge in [-0.15, -0.1) is 0 Å². The Balaban J connectivity index is 1.86. The second kappa shape index (κ2) is 8.20. The normalized spacial score (nSPS) is 10.2. The lowest BCUT2D eigenvalue weighted by molar-refractivity contribution is -0.124. The molecule has 0 saturated heterocycles. The maximum atomic E-state index is 11.9. The molecule has 0 aromatic heterocycles. The molecule has 0 aliphatic heterocycles. The Bertz CT molecular complexity index is 734. The van der Waals surface area contributed by atoms with Crippen molar-refractivity contribution in [2.24, 2.45) is 0 Å². The van der Waals surface area contributed by atoms with Gasteiger partial charge in [0.15, 0.2) is 6.61 Å². The summed E-state index contributed by atoms with van der Waals surface area (Å²) in [6.07, 6.45) is 0. The second-order valence-electron chi connectivity index (χ2n) is 4.57. The molecular formula is C16H12Cl3NO3. The standard InChI is InChI=1S/C16H12Cl3NO3/c17-11-5-6-14(19)12(7-11)16(22)23-9-15(21)20-8-10-3-1-2-4-13(10)18/h1-7H,8-9H2,(H,20,21). The molecule has 1 N–H and O–H groups in total. The molecule has 0 aliphatic rings. The molecule has 0 saturated carbocycles. The lowest BCUT2D eigenvalue weighted by Crippen LogP contribution is -2.28. The van der Waals surface area contributed by atoms with Crippen molar-refractivity contribution in [3.05, 3.63) is 68.7 Å². The predicted octanol–water partition coefficient (Wildman–Crippen LogP) is 4.12. The van der Waals surface area contributed by atoms with Crippen molar-refractivity contribution in [2.45, 2.75) is 6.54 Å². The first-order chi connectivity index (χ1) is 11.0. The zero-order valence-corrected chi connectivity index (χ0v) is 14.1. The summed E-state index contributed by atoms with van der Waals surface area (Å²) in [6.45, 7) is -0.180. The first kappa shape index (κ1) is 17.6. The van der Waals surface area contributed by atoms with E-state index in [9.17, 15) is 9.59 Å². The Morgan fingerprint density at radius 2 is 1.74 bits per heavy atom. The summed E-state index contributed by atoms with van der Waals surface area (Å²) in [6, 6.07) is 11.5. The third kappa shape index (κ3) is 5.13. The summed E-state index contributed by atoms with van der Waals surface area (Å²) in [5, 5.41) is 3.72. The fourth-order valence-electron chi connectivity index (χ4n) is 1.75. The molecule has 0 bridgehead atoms. The van der Waals surface area contributed by atoms with Gasteiger partial charge in [0.25, 0.3) is 5.91 Å². The zero-order chi connectivity index (χ0) is 16.8. The highest BCUT2D eigenvalue weighted by Crippen LogP contribution is 2.21. The molecule has 0 atom stereocenters. The molecule has 0 aliphatic carbocycles. The summed E-state index contributed by atoms with van der Waals surface area (Å²) in [5.74, 6) is -1.16. The number of carbonyl (C=O) groups is 2. The average molecular weight is 373 g/mol. The number of amides is 1. The van der Waals surface area contributed by atoms with Gasteiger partial charge in [0, 0.05) is 16.6 Å². The maximum absolute atomic E-state index is 11.9. The van der Waals surface area contributed by atoms with Gasteiger partial charge in [-0.2, -0.15) is 0 Å². The van der Waals surface area contributed by atoms with Gasteiger partial charge in [0.2, 0.25) is 0 Å². The van der Waals surface area contributed by atoms with Crippen LogP contribution in [0.2, 0.25) is 15.1 Å². The minimum absolute atomic E-state index is 0.109. The Morgan fingerprint density at radius 3 is 2.48 bits per heavy atom. The molecule has 0 heterocycles. The number of esters is 1. The van der Waals surface area contributed by atoms with Crippen LogP contribution < -0.4 is 5.32 Å². The molecule has 0 unspecified atom stereocenters. The second-order valence-corrected chi connectivity index (χ2v) is 5.82. The van der Waals surface area contributed by atoms with E-state index >= 15 is 0 Å².